The molecule has 0 aliphatic carbocycles. The first-order chi connectivity index (χ1) is 7.97. The number of hydrogen-bond donors (Lipinski definition) is 1. The highest BCUT2D eigenvalue weighted by molar-refractivity contribution is 5.72. The highest BCUT2D eigenvalue weighted by atomic mass is 15.1. The van der Waals surface area contributed by atoms with E-state index in [0.717, 1.165) is 30.6 Å². The van der Waals surface area contributed by atoms with Crippen LogP contribution in [0.4, 0.5) is 11.4 Å². The highest BCUT2D eigenvalue weighted by Crippen LogP contribution is 2.32. The molecule has 2 nitrogen and oxygen atoms in total. The molecular formula is C15H24N2. The van der Waals surface area contributed by atoms with Gasteiger partial charge in [0.25, 0.3) is 0 Å². The SMILES string of the molecule is Cc1cc(C)c(N)c(N2C[C@H](C)C[C@H](C)C2)c1. The zero-order chi connectivity index (χ0) is 12.6. The van der Waals surface area contributed by atoms with Gasteiger partial charge >= 0.3 is 0 Å². The van der Waals surface area contributed by atoms with Crippen LogP contribution in [0.3, 0.4) is 0 Å². The molecule has 0 radical (unpaired) electrons. The number of piperidine rings is 1. The van der Waals surface area contributed by atoms with E-state index in [9.17, 15) is 0 Å². The normalized spacial score (nSPS) is 25.1. The van der Waals surface area contributed by atoms with E-state index in [-0.39, 0.29) is 0 Å². The number of aryl methyl sites for hydroxylation is 2. The van der Waals surface area contributed by atoms with Crippen LogP contribution in [0.1, 0.15) is 31.4 Å². The molecule has 0 bridgehead atoms. The summed E-state index contributed by atoms with van der Waals surface area (Å²) in [6.07, 6.45) is 1.33. The van der Waals surface area contributed by atoms with E-state index < -0.39 is 0 Å². The molecule has 2 rings (SSSR count). The van der Waals surface area contributed by atoms with Gasteiger partial charge in [-0.15, -0.1) is 0 Å². The number of nitrogens with two attached hydrogens (primary N) is 1. The summed E-state index contributed by atoms with van der Waals surface area (Å²) in [7, 11) is 0. The van der Waals surface area contributed by atoms with Gasteiger partial charge in [0, 0.05) is 13.1 Å². The Morgan fingerprint density at radius 1 is 1.12 bits per heavy atom. The topological polar surface area (TPSA) is 29.3 Å². The smallest absolute Gasteiger partial charge is 0.0605 e. The molecule has 1 aliphatic rings. The number of rotatable bonds is 1. The van der Waals surface area contributed by atoms with Gasteiger partial charge in [-0.1, -0.05) is 19.9 Å². The van der Waals surface area contributed by atoms with Crippen LogP contribution in [0.25, 0.3) is 0 Å². The lowest BCUT2D eigenvalue weighted by molar-refractivity contribution is 0.357. The quantitative estimate of drug-likeness (QED) is 0.752. The maximum absolute atomic E-state index is 6.23. The van der Waals surface area contributed by atoms with Gasteiger partial charge in [0.15, 0.2) is 0 Å². The lowest BCUT2D eigenvalue weighted by atomic mass is 9.91. The molecule has 0 spiro atoms. The summed E-state index contributed by atoms with van der Waals surface area (Å²) >= 11 is 0. The van der Waals surface area contributed by atoms with Gasteiger partial charge in [0.1, 0.15) is 0 Å². The van der Waals surface area contributed by atoms with Gasteiger partial charge < -0.3 is 10.6 Å². The Labute approximate surface area is 105 Å². The molecule has 2 N–H and O–H groups in total. The van der Waals surface area contributed by atoms with E-state index in [2.05, 4.69) is 44.7 Å². The second-order valence-corrected chi connectivity index (χ2v) is 5.87. The van der Waals surface area contributed by atoms with Crippen molar-refractivity contribution in [3.05, 3.63) is 23.3 Å². The minimum atomic E-state index is 0.763. The first kappa shape index (κ1) is 12.3. The molecule has 1 fully saturated rings. The molecule has 0 saturated carbocycles. The van der Waals surface area contributed by atoms with Crippen LogP contribution >= 0.6 is 0 Å². The number of nitrogens with zero attached hydrogens (tertiary/aromatic N) is 1. The Balaban J connectivity index is 2.33. The predicted molar refractivity (Wildman–Crippen MR) is 75.5 cm³/mol. The molecule has 1 aromatic carbocycles. The van der Waals surface area contributed by atoms with Gasteiger partial charge in [0.05, 0.1) is 11.4 Å². The minimum Gasteiger partial charge on any atom is -0.397 e. The number of anilines is 2. The summed E-state index contributed by atoms with van der Waals surface area (Å²) in [5, 5.41) is 0. The lowest BCUT2D eigenvalue weighted by Crippen LogP contribution is -2.39. The van der Waals surface area contributed by atoms with Crippen molar-refractivity contribution in [2.75, 3.05) is 23.7 Å². The molecule has 1 aliphatic heterocycles. The summed E-state index contributed by atoms with van der Waals surface area (Å²) in [6.45, 7) is 11.2. The summed E-state index contributed by atoms with van der Waals surface area (Å²) in [5.41, 5.74) is 10.9. The maximum atomic E-state index is 6.23. The van der Waals surface area contributed by atoms with Crippen molar-refractivity contribution in [2.45, 2.75) is 34.1 Å². The molecule has 2 atom stereocenters. The Morgan fingerprint density at radius 2 is 1.71 bits per heavy atom. The van der Waals surface area contributed by atoms with Crippen LogP contribution in [0, 0.1) is 25.7 Å². The molecule has 1 heterocycles. The van der Waals surface area contributed by atoms with Crippen molar-refractivity contribution < 1.29 is 0 Å². The fourth-order valence-electron chi connectivity index (χ4n) is 3.08. The third kappa shape index (κ3) is 2.56. The lowest BCUT2D eigenvalue weighted by Gasteiger charge is -2.37. The fraction of sp³-hybridized carbons (Fsp3) is 0.600. The van der Waals surface area contributed by atoms with Crippen molar-refractivity contribution in [2.24, 2.45) is 11.8 Å². The van der Waals surface area contributed by atoms with Crippen molar-refractivity contribution >= 4 is 11.4 Å². The van der Waals surface area contributed by atoms with Crippen LogP contribution in [-0.4, -0.2) is 13.1 Å². The van der Waals surface area contributed by atoms with Gasteiger partial charge in [-0.25, -0.2) is 0 Å². The molecule has 0 aromatic heterocycles. The fourth-order valence-corrected chi connectivity index (χ4v) is 3.08. The molecule has 2 heteroatoms. The Hall–Kier alpha value is -1.18. The zero-order valence-corrected chi connectivity index (χ0v) is 11.5. The number of benzene rings is 1. The van der Waals surface area contributed by atoms with Gasteiger partial charge in [-0.3, -0.25) is 0 Å². The van der Waals surface area contributed by atoms with Crippen molar-refractivity contribution in [1.29, 1.82) is 0 Å². The first-order valence-corrected chi connectivity index (χ1v) is 6.59. The standard InChI is InChI=1S/C15H24N2/c1-10-6-13(4)15(16)14(7-10)17-8-11(2)5-12(3)9-17/h6-7,11-12H,5,8-9,16H2,1-4H3/t11-,12+. The van der Waals surface area contributed by atoms with E-state index >= 15 is 0 Å². The third-order valence-corrected chi connectivity index (χ3v) is 3.72. The molecular weight excluding hydrogens is 208 g/mol. The van der Waals surface area contributed by atoms with E-state index in [4.69, 9.17) is 5.73 Å². The Bertz CT molecular complexity index is 402. The second kappa shape index (κ2) is 4.59. The predicted octanol–water partition coefficient (Wildman–Crippen LogP) is 3.37. The van der Waals surface area contributed by atoms with Gasteiger partial charge in [-0.05, 0) is 49.3 Å². The van der Waals surface area contributed by atoms with E-state index in [1.54, 1.807) is 0 Å². The Morgan fingerprint density at radius 3 is 2.29 bits per heavy atom. The number of hydrogen-bond acceptors (Lipinski definition) is 2. The van der Waals surface area contributed by atoms with Crippen molar-refractivity contribution in [3.63, 3.8) is 0 Å². The second-order valence-electron chi connectivity index (χ2n) is 5.87. The van der Waals surface area contributed by atoms with Gasteiger partial charge in [0.2, 0.25) is 0 Å². The Kier molecular flexibility index (Phi) is 3.32. The molecule has 94 valence electrons. The highest BCUT2D eigenvalue weighted by Gasteiger charge is 2.23. The average Bonchev–Trinajstić information content (AvgIpc) is 2.22. The molecule has 1 aromatic rings. The summed E-state index contributed by atoms with van der Waals surface area (Å²) in [6, 6.07) is 4.39. The minimum absolute atomic E-state index is 0.763. The zero-order valence-electron chi connectivity index (χ0n) is 11.5. The van der Waals surface area contributed by atoms with Crippen LogP contribution < -0.4 is 10.6 Å². The molecule has 0 unspecified atom stereocenters. The van der Waals surface area contributed by atoms with Crippen molar-refractivity contribution in [1.82, 2.24) is 0 Å². The summed E-state index contributed by atoms with van der Waals surface area (Å²) in [4.78, 5) is 2.47. The largest absolute Gasteiger partial charge is 0.397 e. The molecule has 17 heavy (non-hydrogen) atoms. The summed E-state index contributed by atoms with van der Waals surface area (Å²) < 4.78 is 0. The third-order valence-electron chi connectivity index (χ3n) is 3.72. The van der Waals surface area contributed by atoms with E-state index in [1.165, 1.54) is 23.2 Å². The summed E-state index contributed by atoms with van der Waals surface area (Å²) in [5.74, 6) is 1.53. The van der Waals surface area contributed by atoms with Crippen LogP contribution in [0.15, 0.2) is 12.1 Å². The van der Waals surface area contributed by atoms with Crippen LogP contribution in [0.2, 0.25) is 0 Å². The molecule has 1 saturated heterocycles. The van der Waals surface area contributed by atoms with Gasteiger partial charge in [-0.2, -0.15) is 0 Å². The number of nitrogen functional groups attached to an aromatic ring is 1. The van der Waals surface area contributed by atoms with E-state index in [1.807, 2.05) is 0 Å². The van der Waals surface area contributed by atoms with Crippen LogP contribution in [0.5, 0.6) is 0 Å². The van der Waals surface area contributed by atoms with Crippen LogP contribution in [-0.2, 0) is 0 Å². The first-order valence-electron chi connectivity index (χ1n) is 6.59. The molecule has 0 amide bonds. The monoisotopic (exact) mass is 232 g/mol. The van der Waals surface area contributed by atoms with Crippen molar-refractivity contribution in [3.8, 4) is 0 Å². The maximum Gasteiger partial charge on any atom is 0.0605 e. The van der Waals surface area contributed by atoms with E-state index in [0.29, 0.717) is 0 Å². The average molecular weight is 232 g/mol.